The van der Waals surface area contributed by atoms with Gasteiger partial charge in [-0.15, -0.1) is 11.3 Å². The summed E-state index contributed by atoms with van der Waals surface area (Å²) in [7, 11) is 0. The molecule has 0 aromatic carbocycles. The van der Waals surface area contributed by atoms with Gasteiger partial charge in [0, 0.05) is 23.8 Å². The molecule has 0 unspecified atom stereocenters. The largest absolute Gasteiger partial charge is 0.335 e. The highest BCUT2D eigenvalue weighted by molar-refractivity contribution is 7.14. The monoisotopic (exact) mass is 260 g/mol. The van der Waals surface area contributed by atoms with E-state index >= 15 is 0 Å². The van der Waals surface area contributed by atoms with Crippen LogP contribution in [0.1, 0.15) is 39.3 Å². The number of hydrogen-bond acceptors (Lipinski definition) is 3. The molecule has 0 fully saturated rings. The predicted octanol–water partition coefficient (Wildman–Crippen LogP) is 2.88. The van der Waals surface area contributed by atoms with Crippen LogP contribution in [0.3, 0.4) is 0 Å². The summed E-state index contributed by atoms with van der Waals surface area (Å²) in [5.41, 5.74) is 1.39. The molecule has 0 radical (unpaired) electrons. The van der Waals surface area contributed by atoms with Crippen molar-refractivity contribution in [1.82, 2.24) is 9.55 Å². The Morgan fingerprint density at radius 1 is 1.50 bits per heavy atom. The van der Waals surface area contributed by atoms with Gasteiger partial charge in [-0.3, -0.25) is 4.79 Å². The number of thiophene rings is 1. The number of rotatable bonds is 4. The summed E-state index contributed by atoms with van der Waals surface area (Å²) >= 11 is 1.68. The number of nitrogens with zero attached hydrogens (tertiary/aromatic N) is 2. The molecule has 4 heteroatoms. The van der Waals surface area contributed by atoms with E-state index in [1.165, 1.54) is 16.9 Å². The molecule has 0 atom stereocenters. The zero-order chi connectivity index (χ0) is 12.5. The number of imidazole rings is 1. The molecule has 1 aliphatic carbocycles. The highest BCUT2D eigenvalue weighted by Gasteiger charge is 2.19. The number of aromatic nitrogens is 2. The fourth-order valence-electron chi connectivity index (χ4n) is 2.49. The third kappa shape index (κ3) is 2.01. The van der Waals surface area contributed by atoms with Crippen LogP contribution in [0, 0.1) is 0 Å². The summed E-state index contributed by atoms with van der Waals surface area (Å²) in [5.74, 6) is 1.08. The molecule has 94 valence electrons. The van der Waals surface area contributed by atoms with Crippen molar-refractivity contribution >= 4 is 17.1 Å². The number of ketones is 1. The van der Waals surface area contributed by atoms with Crippen LogP contribution in [-0.2, 0) is 25.8 Å². The van der Waals surface area contributed by atoms with Crippen LogP contribution in [0.5, 0.6) is 0 Å². The molecule has 0 bridgehead atoms. The lowest BCUT2D eigenvalue weighted by atomic mass is 10.2. The number of aryl methyl sites for hydroxylation is 3. The van der Waals surface area contributed by atoms with Crippen LogP contribution in [0.2, 0.25) is 0 Å². The van der Waals surface area contributed by atoms with Crippen molar-refractivity contribution in [2.24, 2.45) is 0 Å². The Labute approximate surface area is 110 Å². The molecule has 0 amide bonds. The van der Waals surface area contributed by atoms with Crippen LogP contribution in [0.15, 0.2) is 18.5 Å². The fraction of sp³-hybridized carbons (Fsp3) is 0.429. The molecule has 0 saturated carbocycles. The molecule has 2 aromatic heterocycles. The lowest BCUT2D eigenvalue weighted by Gasteiger charge is -2.02. The van der Waals surface area contributed by atoms with E-state index in [4.69, 9.17) is 0 Å². The molecule has 0 spiro atoms. The molecule has 0 saturated heterocycles. The van der Waals surface area contributed by atoms with E-state index < -0.39 is 0 Å². The van der Waals surface area contributed by atoms with Gasteiger partial charge < -0.3 is 4.57 Å². The van der Waals surface area contributed by atoms with Gasteiger partial charge in [0.25, 0.3) is 0 Å². The maximum absolute atomic E-state index is 12.2. The molecule has 2 heterocycles. The van der Waals surface area contributed by atoms with Gasteiger partial charge >= 0.3 is 0 Å². The Morgan fingerprint density at radius 2 is 2.39 bits per heavy atom. The quantitative estimate of drug-likeness (QED) is 0.792. The number of Topliss-reactive ketones (excluding diaryl/α,β-unsaturated/α-hetero) is 1. The van der Waals surface area contributed by atoms with E-state index in [0.29, 0.717) is 6.42 Å². The van der Waals surface area contributed by atoms with Crippen LogP contribution in [-0.4, -0.2) is 15.3 Å². The molecule has 1 aliphatic rings. The highest BCUT2D eigenvalue weighted by Crippen LogP contribution is 2.31. The summed E-state index contributed by atoms with van der Waals surface area (Å²) in [6.45, 7) is 2.93. The number of fused-ring (bicyclic) bond motifs is 1. The van der Waals surface area contributed by atoms with Crippen molar-refractivity contribution in [2.75, 3.05) is 0 Å². The number of carbonyl (C=O) groups is 1. The van der Waals surface area contributed by atoms with Gasteiger partial charge in [0.05, 0.1) is 11.3 Å². The van der Waals surface area contributed by atoms with Crippen LogP contribution in [0.4, 0.5) is 0 Å². The molecular formula is C14H16N2OS. The van der Waals surface area contributed by atoms with Crippen molar-refractivity contribution in [3.8, 4) is 0 Å². The van der Waals surface area contributed by atoms with E-state index in [0.717, 1.165) is 30.1 Å². The van der Waals surface area contributed by atoms with Crippen molar-refractivity contribution in [3.63, 3.8) is 0 Å². The first kappa shape index (κ1) is 11.7. The van der Waals surface area contributed by atoms with Gasteiger partial charge in [0.2, 0.25) is 0 Å². The minimum absolute atomic E-state index is 0.204. The minimum Gasteiger partial charge on any atom is -0.335 e. The first-order valence-corrected chi connectivity index (χ1v) is 7.24. The van der Waals surface area contributed by atoms with E-state index in [1.807, 2.05) is 10.8 Å². The lowest BCUT2D eigenvalue weighted by molar-refractivity contribution is 0.0993. The molecule has 0 N–H and O–H groups in total. The van der Waals surface area contributed by atoms with Gasteiger partial charge in [-0.1, -0.05) is 0 Å². The molecule has 3 nitrogen and oxygen atoms in total. The van der Waals surface area contributed by atoms with Gasteiger partial charge in [-0.05, 0) is 37.8 Å². The van der Waals surface area contributed by atoms with Crippen molar-refractivity contribution in [2.45, 2.75) is 39.2 Å². The van der Waals surface area contributed by atoms with E-state index in [2.05, 4.69) is 18.0 Å². The second kappa shape index (κ2) is 4.69. The topological polar surface area (TPSA) is 34.9 Å². The number of hydrogen-bond donors (Lipinski definition) is 0. The van der Waals surface area contributed by atoms with Crippen LogP contribution >= 0.6 is 11.3 Å². The summed E-state index contributed by atoms with van der Waals surface area (Å²) in [5, 5.41) is 0. The Balaban J connectivity index is 1.78. The first-order chi connectivity index (χ1) is 8.78. The van der Waals surface area contributed by atoms with E-state index in [1.54, 1.807) is 17.5 Å². The Morgan fingerprint density at radius 3 is 3.17 bits per heavy atom. The lowest BCUT2D eigenvalue weighted by Crippen LogP contribution is -2.08. The summed E-state index contributed by atoms with van der Waals surface area (Å²) in [6.07, 6.45) is 7.65. The molecule has 18 heavy (non-hydrogen) atoms. The van der Waals surface area contributed by atoms with Gasteiger partial charge in [-0.25, -0.2) is 4.98 Å². The maximum Gasteiger partial charge on any atom is 0.180 e. The second-order valence-electron chi connectivity index (χ2n) is 4.64. The van der Waals surface area contributed by atoms with Gasteiger partial charge in [-0.2, -0.15) is 0 Å². The third-order valence-electron chi connectivity index (χ3n) is 3.48. The van der Waals surface area contributed by atoms with Crippen molar-refractivity contribution in [1.29, 1.82) is 0 Å². The van der Waals surface area contributed by atoms with Gasteiger partial charge in [0.15, 0.2) is 5.78 Å². The van der Waals surface area contributed by atoms with Gasteiger partial charge in [0.1, 0.15) is 5.82 Å². The van der Waals surface area contributed by atoms with Crippen molar-refractivity contribution in [3.05, 3.63) is 39.6 Å². The van der Waals surface area contributed by atoms with Crippen molar-refractivity contribution < 1.29 is 4.79 Å². The minimum atomic E-state index is 0.204. The standard InChI is InChI=1S/C14H16N2OS/c1-2-16-7-6-15-14(16)9-11(17)13-8-10-4-3-5-12(10)18-13/h6-8H,2-5,9H2,1H3. The first-order valence-electron chi connectivity index (χ1n) is 6.42. The third-order valence-corrected chi connectivity index (χ3v) is 4.76. The summed E-state index contributed by atoms with van der Waals surface area (Å²) < 4.78 is 2.03. The fourth-order valence-corrected chi connectivity index (χ4v) is 3.68. The Kier molecular flexibility index (Phi) is 3.04. The normalized spacial score (nSPS) is 13.8. The number of carbonyl (C=O) groups excluding carboxylic acids is 1. The summed E-state index contributed by atoms with van der Waals surface area (Å²) in [4.78, 5) is 18.8. The molecular weight excluding hydrogens is 244 g/mol. The molecule has 0 aliphatic heterocycles. The second-order valence-corrected chi connectivity index (χ2v) is 5.78. The Bertz CT molecular complexity index is 561. The van der Waals surface area contributed by atoms with Crippen LogP contribution in [0.25, 0.3) is 0 Å². The average Bonchev–Trinajstić information content (AvgIpc) is 3.02. The molecule has 2 aromatic rings. The Hall–Kier alpha value is -1.42. The maximum atomic E-state index is 12.2. The SMILES string of the molecule is CCn1ccnc1CC(=O)c1cc2c(s1)CCC2. The van der Waals surface area contributed by atoms with E-state index in [9.17, 15) is 4.79 Å². The molecule has 3 rings (SSSR count). The zero-order valence-corrected chi connectivity index (χ0v) is 11.3. The average molecular weight is 260 g/mol. The summed E-state index contributed by atoms with van der Waals surface area (Å²) in [6, 6.07) is 2.09. The zero-order valence-electron chi connectivity index (χ0n) is 10.5. The smallest absolute Gasteiger partial charge is 0.180 e. The highest BCUT2D eigenvalue weighted by atomic mass is 32.1. The van der Waals surface area contributed by atoms with E-state index in [-0.39, 0.29) is 5.78 Å². The predicted molar refractivity (Wildman–Crippen MR) is 72.3 cm³/mol. The van der Waals surface area contributed by atoms with Crippen LogP contribution < -0.4 is 0 Å².